The summed E-state index contributed by atoms with van der Waals surface area (Å²) in [6.07, 6.45) is -0.762. The zero-order chi connectivity index (χ0) is 16.2. The number of fused-ring (bicyclic) bond motifs is 1. The van der Waals surface area contributed by atoms with Crippen molar-refractivity contribution in [3.05, 3.63) is 52.7 Å². The molecule has 2 heterocycles. The number of amides is 1. The van der Waals surface area contributed by atoms with Crippen LogP contribution in [0.3, 0.4) is 0 Å². The van der Waals surface area contributed by atoms with Crippen LogP contribution < -0.4 is 5.32 Å². The first-order valence-corrected chi connectivity index (χ1v) is 7.88. The number of carbonyl (C=O) groups is 1. The van der Waals surface area contributed by atoms with Crippen molar-refractivity contribution in [2.45, 2.75) is 12.7 Å². The van der Waals surface area contributed by atoms with Crippen molar-refractivity contribution in [2.75, 3.05) is 13.7 Å². The first-order valence-electron chi connectivity index (χ1n) is 7.06. The van der Waals surface area contributed by atoms with Gasteiger partial charge in [0.15, 0.2) is 11.5 Å². The summed E-state index contributed by atoms with van der Waals surface area (Å²) >= 11 is 1.51. The number of thiophene rings is 1. The van der Waals surface area contributed by atoms with E-state index < -0.39 is 12.0 Å². The van der Waals surface area contributed by atoms with Gasteiger partial charge in [0.1, 0.15) is 12.7 Å². The normalized spacial score (nSPS) is 12.4. The molecule has 0 fully saturated rings. The molecule has 1 atom stereocenters. The van der Waals surface area contributed by atoms with Gasteiger partial charge in [0, 0.05) is 29.3 Å². The number of benzene rings is 1. The Bertz CT molecular complexity index is 778. The first kappa shape index (κ1) is 15.7. The minimum atomic E-state index is -0.762. The van der Waals surface area contributed by atoms with E-state index >= 15 is 0 Å². The van der Waals surface area contributed by atoms with Gasteiger partial charge in [-0.2, -0.15) is 0 Å². The van der Waals surface area contributed by atoms with Crippen molar-refractivity contribution in [3.63, 3.8) is 0 Å². The van der Waals surface area contributed by atoms with Crippen molar-refractivity contribution in [1.82, 2.24) is 10.5 Å². The fraction of sp³-hybridized carbons (Fsp3) is 0.250. The van der Waals surface area contributed by atoms with Crippen molar-refractivity contribution >= 4 is 27.3 Å². The second-order valence-corrected chi connectivity index (χ2v) is 6.14. The molecule has 0 aliphatic carbocycles. The van der Waals surface area contributed by atoms with E-state index in [0.29, 0.717) is 5.76 Å². The molecule has 0 aliphatic rings. The summed E-state index contributed by atoms with van der Waals surface area (Å²) in [4.78, 5) is 12.8. The number of aromatic nitrogens is 1. The Labute approximate surface area is 136 Å². The molecule has 2 aromatic heterocycles. The van der Waals surface area contributed by atoms with Crippen molar-refractivity contribution in [2.24, 2.45) is 0 Å². The van der Waals surface area contributed by atoms with E-state index in [0.717, 1.165) is 15.0 Å². The van der Waals surface area contributed by atoms with Gasteiger partial charge in [-0.05, 0) is 17.5 Å². The highest BCUT2D eigenvalue weighted by Crippen LogP contribution is 2.29. The SMILES string of the molecule is COCc1cc(C(=O)NCC(O)c2cc3ccccc3s2)no1. The van der Waals surface area contributed by atoms with Gasteiger partial charge in [0.2, 0.25) is 0 Å². The number of ether oxygens (including phenoxy) is 1. The molecule has 7 heteroatoms. The summed E-state index contributed by atoms with van der Waals surface area (Å²) in [6, 6.07) is 11.4. The molecular formula is C16H16N2O4S. The van der Waals surface area contributed by atoms with Crippen LogP contribution in [0.15, 0.2) is 40.9 Å². The first-order chi connectivity index (χ1) is 11.2. The maximum Gasteiger partial charge on any atom is 0.273 e. The summed E-state index contributed by atoms with van der Waals surface area (Å²) in [7, 11) is 1.53. The molecule has 3 rings (SSSR count). The number of aliphatic hydroxyl groups excluding tert-OH is 1. The van der Waals surface area contributed by atoms with Crippen LogP contribution >= 0.6 is 11.3 Å². The predicted octanol–water partition coefficient (Wildman–Crippen LogP) is 2.50. The molecule has 23 heavy (non-hydrogen) atoms. The molecule has 0 aliphatic heterocycles. The lowest BCUT2D eigenvalue weighted by Crippen LogP contribution is -2.28. The maximum absolute atomic E-state index is 12.0. The van der Waals surface area contributed by atoms with Gasteiger partial charge in [0.05, 0.1) is 0 Å². The van der Waals surface area contributed by atoms with Gasteiger partial charge in [-0.1, -0.05) is 23.4 Å². The number of nitrogens with one attached hydrogen (secondary N) is 1. The minimum Gasteiger partial charge on any atom is -0.386 e. The molecule has 120 valence electrons. The summed E-state index contributed by atoms with van der Waals surface area (Å²) in [5, 5.41) is 17.6. The van der Waals surface area contributed by atoms with Gasteiger partial charge in [-0.25, -0.2) is 0 Å². The van der Waals surface area contributed by atoms with E-state index in [4.69, 9.17) is 9.26 Å². The Morgan fingerprint density at radius 3 is 3.04 bits per heavy atom. The topological polar surface area (TPSA) is 84.6 Å². The molecule has 0 spiro atoms. The van der Waals surface area contributed by atoms with Crippen LogP contribution in [-0.2, 0) is 11.3 Å². The van der Waals surface area contributed by atoms with E-state index in [1.54, 1.807) is 0 Å². The summed E-state index contributed by atoms with van der Waals surface area (Å²) in [6.45, 7) is 0.364. The van der Waals surface area contributed by atoms with Crippen LogP contribution in [0.2, 0.25) is 0 Å². The summed E-state index contributed by atoms with van der Waals surface area (Å²) in [5.74, 6) is 0.0824. The van der Waals surface area contributed by atoms with E-state index in [1.165, 1.54) is 24.5 Å². The summed E-state index contributed by atoms with van der Waals surface area (Å²) < 4.78 is 11.0. The average Bonchev–Trinajstić information content (AvgIpc) is 3.19. The number of carbonyl (C=O) groups excluding carboxylic acids is 1. The number of rotatable bonds is 6. The molecule has 0 saturated heterocycles. The molecule has 0 bridgehead atoms. The molecule has 3 aromatic rings. The second kappa shape index (κ2) is 6.91. The van der Waals surface area contributed by atoms with Crippen LogP contribution in [0.1, 0.15) is 27.2 Å². The molecule has 1 amide bonds. The van der Waals surface area contributed by atoms with Crippen LogP contribution in [0, 0.1) is 0 Å². The number of hydrogen-bond donors (Lipinski definition) is 2. The van der Waals surface area contributed by atoms with Crippen molar-refractivity contribution in [1.29, 1.82) is 0 Å². The van der Waals surface area contributed by atoms with Gasteiger partial charge in [-0.3, -0.25) is 4.79 Å². The predicted molar refractivity (Wildman–Crippen MR) is 86.3 cm³/mol. The quantitative estimate of drug-likeness (QED) is 0.724. The third kappa shape index (κ3) is 3.58. The minimum absolute atomic E-state index is 0.109. The lowest BCUT2D eigenvalue weighted by Gasteiger charge is -2.08. The third-order valence-corrected chi connectivity index (χ3v) is 4.52. The van der Waals surface area contributed by atoms with E-state index in [9.17, 15) is 9.90 Å². The van der Waals surface area contributed by atoms with Gasteiger partial charge in [0.25, 0.3) is 5.91 Å². The number of nitrogens with zero attached hydrogens (tertiary/aromatic N) is 1. The Morgan fingerprint density at radius 2 is 2.26 bits per heavy atom. The van der Waals surface area contributed by atoms with Crippen molar-refractivity contribution in [3.8, 4) is 0 Å². The molecule has 1 aromatic carbocycles. The van der Waals surface area contributed by atoms with Crippen LogP contribution in [-0.4, -0.2) is 29.8 Å². The zero-order valence-corrected chi connectivity index (χ0v) is 13.3. The Balaban J connectivity index is 1.61. The highest BCUT2D eigenvalue weighted by atomic mass is 32.1. The maximum atomic E-state index is 12.0. The molecule has 6 nitrogen and oxygen atoms in total. The molecule has 0 radical (unpaired) electrons. The number of hydrogen-bond acceptors (Lipinski definition) is 6. The summed E-state index contributed by atoms with van der Waals surface area (Å²) in [5.41, 5.74) is 0.167. The smallest absolute Gasteiger partial charge is 0.273 e. The molecule has 2 N–H and O–H groups in total. The highest BCUT2D eigenvalue weighted by molar-refractivity contribution is 7.19. The van der Waals surface area contributed by atoms with Crippen molar-refractivity contribution < 1.29 is 19.2 Å². The van der Waals surface area contributed by atoms with Gasteiger partial charge < -0.3 is 19.7 Å². The number of methoxy groups -OCH3 is 1. The van der Waals surface area contributed by atoms with Crippen LogP contribution in [0.25, 0.3) is 10.1 Å². The Kier molecular flexibility index (Phi) is 4.71. The van der Waals surface area contributed by atoms with Crippen LogP contribution in [0.5, 0.6) is 0 Å². The van der Waals surface area contributed by atoms with Gasteiger partial charge >= 0.3 is 0 Å². The fourth-order valence-electron chi connectivity index (χ4n) is 2.18. The standard InChI is InChI=1S/C16H16N2O4S/c1-21-9-11-7-12(18-22-11)16(20)17-8-13(19)15-6-10-4-2-3-5-14(10)23-15/h2-7,13,19H,8-9H2,1H3,(H,17,20). The molecule has 1 unspecified atom stereocenters. The highest BCUT2D eigenvalue weighted by Gasteiger charge is 2.16. The zero-order valence-electron chi connectivity index (χ0n) is 12.5. The lowest BCUT2D eigenvalue weighted by molar-refractivity contribution is 0.0908. The second-order valence-electron chi connectivity index (χ2n) is 5.02. The molecular weight excluding hydrogens is 316 g/mol. The Hall–Kier alpha value is -2.22. The number of aliphatic hydroxyl groups is 1. The Morgan fingerprint density at radius 1 is 1.43 bits per heavy atom. The average molecular weight is 332 g/mol. The lowest BCUT2D eigenvalue weighted by atomic mass is 10.2. The largest absolute Gasteiger partial charge is 0.386 e. The van der Waals surface area contributed by atoms with Crippen LogP contribution in [0.4, 0.5) is 0 Å². The van der Waals surface area contributed by atoms with E-state index in [2.05, 4.69) is 10.5 Å². The van der Waals surface area contributed by atoms with E-state index in [1.807, 2.05) is 30.3 Å². The fourth-order valence-corrected chi connectivity index (χ4v) is 3.23. The van der Waals surface area contributed by atoms with E-state index in [-0.39, 0.29) is 18.8 Å². The third-order valence-electron chi connectivity index (χ3n) is 3.31. The molecule has 0 saturated carbocycles. The van der Waals surface area contributed by atoms with Gasteiger partial charge in [-0.15, -0.1) is 11.3 Å². The monoisotopic (exact) mass is 332 g/mol.